The summed E-state index contributed by atoms with van der Waals surface area (Å²) in [5, 5.41) is 2.27. The van der Waals surface area contributed by atoms with Crippen molar-refractivity contribution in [2.75, 3.05) is 24.0 Å². The third-order valence-electron chi connectivity index (χ3n) is 5.12. The Morgan fingerprint density at radius 1 is 1.00 bits per heavy atom. The Morgan fingerprint density at radius 2 is 1.76 bits per heavy atom. The number of rotatable bonds is 6. The predicted octanol–water partition coefficient (Wildman–Crippen LogP) is 5.10. The number of amides is 2. The van der Waals surface area contributed by atoms with Crippen LogP contribution in [0.4, 0.5) is 11.4 Å². The first-order valence-electron chi connectivity index (χ1n) is 10.1. The van der Waals surface area contributed by atoms with Gasteiger partial charge in [-0.15, -0.1) is 0 Å². The molecular formula is C25H21Cl2N3O3. The van der Waals surface area contributed by atoms with E-state index in [0.717, 1.165) is 11.3 Å². The lowest BCUT2D eigenvalue weighted by atomic mass is 10.1. The molecule has 3 aromatic carbocycles. The van der Waals surface area contributed by atoms with Gasteiger partial charge in [0.1, 0.15) is 17.9 Å². The van der Waals surface area contributed by atoms with Gasteiger partial charge in [-0.05, 0) is 42.5 Å². The standard InChI is InChI=1S/C25H21Cl2N3O3/c1-29(2)20-11-9-16(23(14-20)33-15-17-8-10-18(26)13-22(17)27)12-21-24(31)28-30(25(21)32)19-6-4-3-5-7-19/h3-14H,15H2,1-2H3,(H,28,31)/b21-12-. The Kier molecular flexibility index (Phi) is 6.58. The lowest BCUT2D eigenvalue weighted by molar-refractivity contribution is -0.117. The molecule has 1 saturated heterocycles. The maximum Gasteiger partial charge on any atom is 0.282 e. The summed E-state index contributed by atoms with van der Waals surface area (Å²) in [6.07, 6.45) is 1.54. The van der Waals surface area contributed by atoms with E-state index in [1.165, 1.54) is 5.01 Å². The molecule has 1 fully saturated rings. The van der Waals surface area contributed by atoms with Crippen LogP contribution in [0.2, 0.25) is 10.0 Å². The highest BCUT2D eigenvalue weighted by molar-refractivity contribution is 6.35. The highest BCUT2D eigenvalue weighted by Crippen LogP contribution is 2.30. The summed E-state index contributed by atoms with van der Waals surface area (Å²) in [4.78, 5) is 27.5. The lowest BCUT2D eigenvalue weighted by Crippen LogP contribution is -2.35. The molecule has 33 heavy (non-hydrogen) atoms. The van der Waals surface area contributed by atoms with Gasteiger partial charge in [0.05, 0.1) is 5.69 Å². The third-order valence-corrected chi connectivity index (χ3v) is 5.70. The fourth-order valence-corrected chi connectivity index (χ4v) is 3.77. The summed E-state index contributed by atoms with van der Waals surface area (Å²) in [7, 11) is 3.83. The zero-order valence-electron chi connectivity index (χ0n) is 18.0. The molecule has 0 unspecified atom stereocenters. The lowest BCUT2D eigenvalue weighted by Gasteiger charge is -2.17. The number of nitrogens with zero attached hydrogens (tertiary/aromatic N) is 2. The number of ether oxygens (including phenoxy) is 1. The van der Waals surface area contributed by atoms with E-state index in [0.29, 0.717) is 27.0 Å². The van der Waals surface area contributed by atoms with Crippen LogP contribution in [0, 0.1) is 0 Å². The van der Waals surface area contributed by atoms with Gasteiger partial charge in [-0.2, -0.15) is 0 Å². The Labute approximate surface area is 201 Å². The molecule has 1 aliphatic rings. The molecule has 1 N–H and O–H groups in total. The number of carbonyl (C=O) groups excluding carboxylic acids is 2. The van der Waals surface area contributed by atoms with Crippen LogP contribution in [0.1, 0.15) is 11.1 Å². The first-order chi connectivity index (χ1) is 15.8. The van der Waals surface area contributed by atoms with E-state index in [1.807, 2.05) is 43.3 Å². The Morgan fingerprint density at radius 3 is 2.45 bits per heavy atom. The van der Waals surface area contributed by atoms with Crippen LogP contribution in [-0.2, 0) is 16.2 Å². The van der Waals surface area contributed by atoms with Gasteiger partial charge in [0.2, 0.25) is 0 Å². The molecule has 0 radical (unpaired) electrons. The van der Waals surface area contributed by atoms with Crippen molar-refractivity contribution in [1.29, 1.82) is 0 Å². The largest absolute Gasteiger partial charge is 0.488 e. The second kappa shape index (κ2) is 9.57. The average Bonchev–Trinajstić information content (AvgIpc) is 3.08. The number of nitrogens with one attached hydrogen (secondary N) is 1. The van der Waals surface area contributed by atoms with Gasteiger partial charge < -0.3 is 9.64 Å². The molecule has 168 valence electrons. The minimum atomic E-state index is -0.479. The summed E-state index contributed by atoms with van der Waals surface area (Å²) < 4.78 is 6.07. The number of anilines is 2. The Bertz CT molecular complexity index is 1240. The van der Waals surface area contributed by atoms with Gasteiger partial charge in [-0.3, -0.25) is 15.0 Å². The molecule has 6 nitrogen and oxygen atoms in total. The molecule has 0 aliphatic carbocycles. The van der Waals surface area contributed by atoms with Crippen molar-refractivity contribution in [3.8, 4) is 5.75 Å². The molecule has 0 aromatic heterocycles. The summed E-state index contributed by atoms with van der Waals surface area (Å²) >= 11 is 12.3. The van der Waals surface area contributed by atoms with E-state index in [2.05, 4.69) is 5.43 Å². The second-order valence-electron chi connectivity index (χ2n) is 7.62. The number of hydrogen-bond donors (Lipinski definition) is 1. The van der Waals surface area contributed by atoms with Gasteiger partial charge in [0.25, 0.3) is 11.8 Å². The van der Waals surface area contributed by atoms with E-state index in [-0.39, 0.29) is 12.2 Å². The number of para-hydroxylation sites is 1. The van der Waals surface area contributed by atoms with Crippen LogP contribution < -0.4 is 20.1 Å². The number of carbonyl (C=O) groups is 2. The van der Waals surface area contributed by atoms with Crippen LogP contribution in [0.15, 0.2) is 72.3 Å². The van der Waals surface area contributed by atoms with Gasteiger partial charge >= 0.3 is 0 Å². The highest BCUT2D eigenvalue weighted by Gasteiger charge is 2.34. The van der Waals surface area contributed by atoms with Gasteiger partial charge in [0.15, 0.2) is 0 Å². The summed E-state index contributed by atoms with van der Waals surface area (Å²) in [6.45, 7) is 0.194. The van der Waals surface area contributed by atoms with Crippen LogP contribution in [0.5, 0.6) is 5.75 Å². The topological polar surface area (TPSA) is 61.9 Å². The summed E-state index contributed by atoms with van der Waals surface area (Å²) in [5.74, 6) is -0.403. The van der Waals surface area contributed by atoms with Crippen LogP contribution >= 0.6 is 23.2 Å². The van der Waals surface area contributed by atoms with Crippen molar-refractivity contribution in [2.24, 2.45) is 0 Å². The van der Waals surface area contributed by atoms with E-state index in [4.69, 9.17) is 27.9 Å². The third kappa shape index (κ3) is 4.97. The molecule has 0 atom stereocenters. The number of hydrogen-bond acceptors (Lipinski definition) is 4. The Balaban J connectivity index is 1.66. The molecule has 0 spiro atoms. The molecule has 1 aliphatic heterocycles. The van der Waals surface area contributed by atoms with Crippen LogP contribution in [0.25, 0.3) is 6.08 Å². The normalized spacial score (nSPS) is 14.5. The fourth-order valence-electron chi connectivity index (χ4n) is 3.31. The fraction of sp³-hybridized carbons (Fsp3) is 0.120. The van der Waals surface area contributed by atoms with Crippen molar-refractivity contribution in [1.82, 2.24) is 5.43 Å². The average molecular weight is 482 g/mol. The van der Waals surface area contributed by atoms with Crippen molar-refractivity contribution < 1.29 is 14.3 Å². The summed E-state index contributed by atoms with van der Waals surface area (Å²) in [5.41, 5.74) is 5.47. The van der Waals surface area contributed by atoms with Crippen molar-refractivity contribution in [3.63, 3.8) is 0 Å². The van der Waals surface area contributed by atoms with E-state index in [9.17, 15) is 9.59 Å². The Hall–Kier alpha value is -3.48. The smallest absolute Gasteiger partial charge is 0.282 e. The minimum Gasteiger partial charge on any atom is -0.488 e. The number of benzene rings is 3. The maximum atomic E-state index is 13.0. The molecule has 0 bridgehead atoms. The minimum absolute atomic E-state index is 0.0193. The number of hydrazine groups is 1. The molecule has 2 amide bonds. The monoisotopic (exact) mass is 481 g/mol. The highest BCUT2D eigenvalue weighted by atomic mass is 35.5. The van der Waals surface area contributed by atoms with Crippen molar-refractivity contribution in [2.45, 2.75) is 6.61 Å². The van der Waals surface area contributed by atoms with Crippen LogP contribution in [-0.4, -0.2) is 25.9 Å². The first-order valence-corrected chi connectivity index (χ1v) is 10.9. The predicted molar refractivity (Wildman–Crippen MR) is 132 cm³/mol. The molecule has 1 heterocycles. The van der Waals surface area contributed by atoms with E-state index in [1.54, 1.807) is 48.5 Å². The maximum absolute atomic E-state index is 13.0. The second-order valence-corrected chi connectivity index (χ2v) is 8.46. The molecule has 8 heteroatoms. The van der Waals surface area contributed by atoms with Crippen molar-refractivity contribution in [3.05, 3.63) is 93.5 Å². The van der Waals surface area contributed by atoms with Crippen LogP contribution in [0.3, 0.4) is 0 Å². The quantitative estimate of drug-likeness (QED) is 0.392. The molecular weight excluding hydrogens is 461 g/mol. The molecule has 3 aromatic rings. The molecule has 4 rings (SSSR count). The SMILES string of the molecule is CN(C)c1ccc(/C=C2/C(=O)NN(c3ccccc3)C2=O)c(OCc2ccc(Cl)cc2Cl)c1. The van der Waals surface area contributed by atoms with E-state index < -0.39 is 11.8 Å². The van der Waals surface area contributed by atoms with Crippen molar-refractivity contribution >= 4 is 52.5 Å². The van der Waals surface area contributed by atoms with Gasteiger partial charge in [-0.25, -0.2) is 5.01 Å². The van der Waals surface area contributed by atoms with Gasteiger partial charge in [0, 0.05) is 47.0 Å². The number of halogens is 2. The van der Waals surface area contributed by atoms with Gasteiger partial charge in [-0.1, -0.05) is 47.5 Å². The van der Waals surface area contributed by atoms with E-state index >= 15 is 0 Å². The zero-order valence-corrected chi connectivity index (χ0v) is 19.5. The first kappa shape index (κ1) is 22.7. The zero-order chi connectivity index (χ0) is 23.5. The molecule has 0 saturated carbocycles. The summed E-state index contributed by atoms with van der Waals surface area (Å²) in [6, 6.07) is 19.7.